The SMILES string of the molecule is COc1ccc(N(CC(=O)NC2CCCCC2)C(=O)c2snc(C(=O)NC3CCCCC3)c2N)cc1. The molecule has 2 saturated carbocycles. The summed E-state index contributed by atoms with van der Waals surface area (Å²) in [6.07, 6.45) is 10.5. The van der Waals surface area contributed by atoms with Crippen molar-refractivity contribution >= 4 is 40.6 Å². The van der Waals surface area contributed by atoms with Crippen LogP contribution in [0.4, 0.5) is 11.4 Å². The van der Waals surface area contributed by atoms with Crippen LogP contribution < -0.4 is 26.0 Å². The van der Waals surface area contributed by atoms with Crippen molar-refractivity contribution in [2.45, 2.75) is 76.3 Å². The molecule has 10 heteroatoms. The van der Waals surface area contributed by atoms with Gasteiger partial charge in [0.05, 0.1) is 12.8 Å². The van der Waals surface area contributed by atoms with E-state index in [0.717, 1.165) is 62.9 Å². The number of nitrogen functional groups attached to an aromatic ring is 1. The normalized spacial score (nSPS) is 16.8. The zero-order valence-electron chi connectivity index (χ0n) is 20.8. The Morgan fingerprint density at radius 2 is 1.56 bits per heavy atom. The third kappa shape index (κ3) is 6.34. The first kappa shape index (κ1) is 25.9. The van der Waals surface area contributed by atoms with Crippen LogP contribution in [0.25, 0.3) is 0 Å². The fraction of sp³-hybridized carbons (Fsp3) is 0.538. The van der Waals surface area contributed by atoms with Gasteiger partial charge in [-0.05, 0) is 61.5 Å². The second-order valence-corrected chi connectivity index (χ2v) is 10.3. The summed E-state index contributed by atoms with van der Waals surface area (Å²) in [4.78, 5) is 40.9. The summed E-state index contributed by atoms with van der Waals surface area (Å²) in [7, 11) is 1.56. The van der Waals surface area contributed by atoms with Crippen molar-refractivity contribution in [2.75, 3.05) is 24.3 Å². The first-order chi connectivity index (χ1) is 17.5. The van der Waals surface area contributed by atoms with Gasteiger partial charge in [-0.2, -0.15) is 4.37 Å². The molecule has 1 aromatic heterocycles. The number of carbonyl (C=O) groups is 3. The molecule has 4 rings (SSSR count). The Morgan fingerprint density at radius 1 is 0.972 bits per heavy atom. The van der Waals surface area contributed by atoms with Crippen molar-refractivity contribution in [2.24, 2.45) is 0 Å². The molecule has 194 valence electrons. The van der Waals surface area contributed by atoms with E-state index in [1.807, 2.05) is 0 Å². The lowest BCUT2D eigenvalue weighted by atomic mass is 9.95. The fourth-order valence-electron chi connectivity index (χ4n) is 4.94. The largest absolute Gasteiger partial charge is 0.497 e. The van der Waals surface area contributed by atoms with Gasteiger partial charge in [0.1, 0.15) is 17.2 Å². The molecule has 0 unspecified atom stereocenters. The highest BCUT2D eigenvalue weighted by Gasteiger charge is 2.29. The lowest BCUT2D eigenvalue weighted by Gasteiger charge is -2.26. The molecule has 0 aliphatic heterocycles. The van der Waals surface area contributed by atoms with Crippen molar-refractivity contribution in [3.63, 3.8) is 0 Å². The number of methoxy groups -OCH3 is 1. The molecule has 2 aliphatic rings. The Labute approximate surface area is 215 Å². The van der Waals surface area contributed by atoms with Crippen LogP contribution >= 0.6 is 11.5 Å². The Morgan fingerprint density at radius 3 is 2.14 bits per heavy atom. The molecule has 9 nitrogen and oxygen atoms in total. The highest BCUT2D eigenvalue weighted by molar-refractivity contribution is 7.09. The second kappa shape index (κ2) is 12.2. The molecular formula is C26H35N5O4S. The van der Waals surface area contributed by atoms with E-state index in [4.69, 9.17) is 10.5 Å². The van der Waals surface area contributed by atoms with Crippen LogP contribution in [0.15, 0.2) is 24.3 Å². The maximum atomic E-state index is 13.6. The topological polar surface area (TPSA) is 127 Å². The molecule has 0 saturated heterocycles. The quantitative estimate of drug-likeness (QED) is 0.492. The van der Waals surface area contributed by atoms with E-state index in [2.05, 4.69) is 15.0 Å². The number of hydrogen-bond acceptors (Lipinski definition) is 7. The van der Waals surface area contributed by atoms with Gasteiger partial charge in [-0.25, -0.2) is 0 Å². The number of nitrogens with zero attached hydrogens (tertiary/aromatic N) is 2. The lowest BCUT2D eigenvalue weighted by molar-refractivity contribution is -0.120. The van der Waals surface area contributed by atoms with E-state index >= 15 is 0 Å². The summed E-state index contributed by atoms with van der Waals surface area (Å²) >= 11 is 0.885. The highest BCUT2D eigenvalue weighted by atomic mass is 32.1. The number of rotatable bonds is 8. The molecule has 0 spiro atoms. The summed E-state index contributed by atoms with van der Waals surface area (Å²) in [6.45, 7) is -0.164. The first-order valence-electron chi connectivity index (χ1n) is 12.8. The van der Waals surface area contributed by atoms with Gasteiger partial charge in [-0.3, -0.25) is 19.3 Å². The van der Waals surface area contributed by atoms with E-state index < -0.39 is 5.91 Å². The molecule has 1 heterocycles. The van der Waals surface area contributed by atoms with Crippen LogP contribution in [0.1, 0.15) is 84.4 Å². The van der Waals surface area contributed by atoms with Crippen LogP contribution in [0.2, 0.25) is 0 Å². The summed E-state index contributed by atoms with van der Waals surface area (Å²) < 4.78 is 9.45. The fourth-order valence-corrected chi connectivity index (χ4v) is 5.69. The maximum absolute atomic E-state index is 13.6. The number of nitrogens with two attached hydrogens (primary N) is 1. The molecule has 36 heavy (non-hydrogen) atoms. The van der Waals surface area contributed by atoms with E-state index in [1.165, 1.54) is 17.7 Å². The molecule has 0 atom stereocenters. The van der Waals surface area contributed by atoms with Crippen LogP contribution in [0.5, 0.6) is 5.75 Å². The Hall–Kier alpha value is -3.14. The van der Waals surface area contributed by atoms with Gasteiger partial charge in [0.25, 0.3) is 11.8 Å². The van der Waals surface area contributed by atoms with Crippen LogP contribution in [0.3, 0.4) is 0 Å². The summed E-state index contributed by atoms with van der Waals surface area (Å²) in [6, 6.07) is 7.13. The third-order valence-electron chi connectivity index (χ3n) is 6.98. The Balaban J connectivity index is 1.52. The molecule has 2 aliphatic carbocycles. The molecule has 2 aromatic rings. The molecule has 1 aromatic carbocycles. The molecule has 2 fully saturated rings. The third-order valence-corrected chi connectivity index (χ3v) is 7.83. The average molecular weight is 514 g/mol. The zero-order valence-corrected chi connectivity index (χ0v) is 21.6. The van der Waals surface area contributed by atoms with Crippen molar-refractivity contribution in [1.82, 2.24) is 15.0 Å². The number of hydrogen-bond donors (Lipinski definition) is 3. The van der Waals surface area contributed by atoms with E-state index in [-0.39, 0.29) is 46.7 Å². The van der Waals surface area contributed by atoms with Gasteiger partial charge < -0.3 is 21.1 Å². The number of anilines is 2. The number of benzene rings is 1. The smallest absolute Gasteiger partial charge is 0.273 e. The average Bonchev–Trinajstić information content (AvgIpc) is 3.29. The summed E-state index contributed by atoms with van der Waals surface area (Å²) in [5, 5.41) is 6.07. The van der Waals surface area contributed by atoms with Crippen LogP contribution in [-0.4, -0.2) is 47.8 Å². The Kier molecular flexibility index (Phi) is 8.79. The van der Waals surface area contributed by atoms with E-state index in [0.29, 0.717) is 11.4 Å². The van der Waals surface area contributed by atoms with Gasteiger partial charge >= 0.3 is 0 Å². The van der Waals surface area contributed by atoms with E-state index in [9.17, 15) is 14.4 Å². The summed E-state index contributed by atoms with van der Waals surface area (Å²) in [5.41, 5.74) is 6.91. The molecular weight excluding hydrogens is 478 g/mol. The van der Waals surface area contributed by atoms with Crippen molar-refractivity contribution in [1.29, 1.82) is 0 Å². The lowest BCUT2D eigenvalue weighted by Crippen LogP contribution is -2.45. The summed E-state index contributed by atoms with van der Waals surface area (Å²) in [5.74, 6) is -0.424. The number of nitrogens with one attached hydrogen (secondary N) is 2. The standard InChI is InChI=1S/C26H35N5O4S/c1-35-20-14-12-19(13-15-20)31(16-21(32)28-17-8-4-2-5-9-17)26(34)24-22(27)23(30-36-24)25(33)29-18-10-6-3-7-11-18/h12-15,17-18H,2-11,16,27H2,1H3,(H,28,32)(H,29,33). The Bertz CT molecular complexity index is 1060. The van der Waals surface area contributed by atoms with Gasteiger partial charge in [0, 0.05) is 17.8 Å². The van der Waals surface area contributed by atoms with Crippen molar-refractivity contribution in [3.8, 4) is 5.75 Å². The highest BCUT2D eigenvalue weighted by Crippen LogP contribution is 2.28. The van der Waals surface area contributed by atoms with Crippen LogP contribution in [0, 0.1) is 0 Å². The van der Waals surface area contributed by atoms with Gasteiger partial charge in [0.15, 0.2) is 5.69 Å². The minimum Gasteiger partial charge on any atom is -0.497 e. The maximum Gasteiger partial charge on any atom is 0.273 e. The second-order valence-electron chi connectivity index (χ2n) is 9.57. The zero-order chi connectivity index (χ0) is 25.5. The molecule has 0 radical (unpaired) electrons. The minimum absolute atomic E-state index is 0.0458. The van der Waals surface area contributed by atoms with Crippen molar-refractivity contribution < 1.29 is 19.1 Å². The molecule has 3 amide bonds. The number of amides is 3. The minimum atomic E-state index is -0.467. The molecule has 4 N–H and O–H groups in total. The van der Waals surface area contributed by atoms with Gasteiger partial charge in [-0.15, -0.1) is 0 Å². The van der Waals surface area contributed by atoms with Crippen LogP contribution in [-0.2, 0) is 4.79 Å². The monoisotopic (exact) mass is 513 g/mol. The van der Waals surface area contributed by atoms with Gasteiger partial charge in [-0.1, -0.05) is 38.5 Å². The van der Waals surface area contributed by atoms with Gasteiger partial charge in [0.2, 0.25) is 5.91 Å². The number of ether oxygens (including phenoxy) is 1. The van der Waals surface area contributed by atoms with E-state index in [1.54, 1.807) is 31.4 Å². The number of carbonyl (C=O) groups excluding carboxylic acids is 3. The first-order valence-corrected chi connectivity index (χ1v) is 13.5. The number of aromatic nitrogens is 1. The predicted octanol–water partition coefficient (Wildman–Crippen LogP) is 3.89. The predicted molar refractivity (Wildman–Crippen MR) is 141 cm³/mol. The molecule has 0 bridgehead atoms. The van der Waals surface area contributed by atoms with Crippen molar-refractivity contribution in [3.05, 3.63) is 34.8 Å².